The van der Waals surface area contributed by atoms with Gasteiger partial charge in [0, 0.05) is 0 Å². The summed E-state index contributed by atoms with van der Waals surface area (Å²) in [5.41, 5.74) is 0. The molecule has 0 aromatic rings. The molecule has 50 valence electrons. The van der Waals surface area contributed by atoms with Crippen molar-refractivity contribution in [3.05, 3.63) is 0 Å². The van der Waals surface area contributed by atoms with E-state index in [4.69, 9.17) is 0 Å². The molecule has 0 aliphatic heterocycles. The third-order valence-electron chi connectivity index (χ3n) is 0.447. The standard InChI is InChI=1S/C2H5Te.2C2H5.Sb/c1-2-3;2*1-2;/h2H2,1H3;2*1H2,2H3;. The van der Waals surface area contributed by atoms with Crippen LogP contribution >= 0.6 is 0 Å². The van der Waals surface area contributed by atoms with Crippen LogP contribution in [0.2, 0.25) is 13.2 Å². The third-order valence-corrected chi connectivity index (χ3v) is 3.00. The van der Waals surface area contributed by atoms with E-state index < -0.39 is 0 Å². The van der Waals surface area contributed by atoms with E-state index in [9.17, 15) is 0 Å². The van der Waals surface area contributed by atoms with Gasteiger partial charge in [-0.15, -0.1) is 0 Å². The first-order chi connectivity index (χ1) is 3.83. The van der Waals surface area contributed by atoms with Crippen molar-refractivity contribution in [3.8, 4) is 0 Å². The van der Waals surface area contributed by atoms with Gasteiger partial charge < -0.3 is 0 Å². The monoisotopic (exact) mass is 338 g/mol. The molecule has 0 rings (SSSR count). The molecule has 0 saturated carbocycles. The Balaban J connectivity index is 0. The summed E-state index contributed by atoms with van der Waals surface area (Å²) in [4.78, 5) is 0. The Morgan fingerprint density at radius 1 is 1.12 bits per heavy atom. The first-order valence-corrected chi connectivity index (χ1v) is 8.30. The summed E-state index contributed by atoms with van der Waals surface area (Å²) < 4.78 is 4.25. The Morgan fingerprint density at radius 3 is 1.38 bits per heavy atom. The van der Waals surface area contributed by atoms with E-state index in [1.165, 1.54) is 13.2 Å². The molecule has 2 radical (unpaired) electrons. The number of rotatable bonds is 2. The van der Waals surface area contributed by atoms with E-state index in [1.54, 1.807) is 0 Å². The number of hydrogen-bond donors (Lipinski definition) is 0. The van der Waals surface area contributed by atoms with Gasteiger partial charge in [-0.2, -0.15) is 0 Å². The van der Waals surface area contributed by atoms with E-state index >= 15 is 0 Å². The van der Waals surface area contributed by atoms with Crippen molar-refractivity contribution in [3.63, 3.8) is 0 Å². The van der Waals surface area contributed by atoms with Crippen molar-refractivity contribution in [1.29, 1.82) is 0 Å². The fraction of sp³-hybridized carbons (Fsp3) is 1.00. The maximum atomic E-state index is 2.28. The quantitative estimate of drug-likeness (QED) is 0.678. The van der Waals surface area contributed by atoms with Crippen LogP contribution in [0.4, 0.5) is 0 Å². The molecule has 0 fully saturated rings. The Kier molecular flexibility index (Phi) is 24.4. The molecule has 0 amide bonds. The second kappa shape index (κ2) is 15.8. The fourth-order valence-electron chi connectivity index (χ4n) is 0.224. The zero-order chi connectivity index (χ0) is 6.83. The predicted octanol–water partition coefficient (Wildman–Crippen LogP) is 2.16. The summed E-state index contributed by atoms with van der Waals surface area (Å²) in [5, 5.41) is 0. The average molecular weight is 337 g/mol. The summed E-state index contributed by atoms with van der Waals surface area (Å²) in [6.45, 7) is 6.69. The molecule has 0 atom stereocenters. The first kappa shape index (κ1) is 12.3. The molecule has 0 heterocycles. The van der Waals surface area contributed by atoms with Crippen LogP contribution in [0.5, 0.6) is 0 Å². The molecule has 0 saturated heterocycles. The SMILES string of the molecule is CC[Te].C[CH2][Sb][CH2]C. The van der Waals surface area contributed by atoms with Gasteiger partial charge >= 0.3 is 77.9 Å². The van der Waals surface area contributed by atoms with Crippen molar-refractivity contribution in [2.24, 2.45) is 0 Å². The zero-order valence-electron chi connectivity index (χ0n) is 5.98. The van der Waals surface area contributed by atoms with Crippen molar-refractivity contribution in [2.45, 2.75) is 34.0 Å². The molecule has 0 spiro atoms. The van der Waals surface area contributed by atoms with Gasteiger partial charge in [0.25, 0.3) is 0 Å². The molecule has 0 bridgehead atoms. The summed E-state index contributed by atoms with van der Waals surface area (Å²) in [6.07, 6.45) is 0. The molecule has 0 nitrogen and oxygen atoms in total. The molecule has 0 aliphatic rings. The third kappa shape index (κ3) is 25.5. The van der Waals surface area contributed by atoms with Crippen LogP contribution < -0.4 is 0 Å². The van der Waals surface area contributed by atoms with Gasteiger partial charge in [0.2, 0.25) is 0 Å². The van der Waals surface area contributed by atoms with E-state index in [1.807, 2.05) is 0 Å². The zero-order valence-corrected chi connectivity index (χ0v) is 10.9. The minimum absolute atomic E-state index is 0.356. The Morgan fingerprint density at radius 2 is 1.38 bits per heavy atom. The molecule has 8 heavy (non-hydrogen) atoms. The van der Waals surface area contributed by atoms with Gasteiger partial charge in [0.05, 0.1) is 0 Å². The normalized spacial score (nSPS) is 7.50. The summed E-state index contributed by atoms with van der Waals surface area (Å²) in [5.74, 6) is 0. The Labute approximate surface area is 77.2 Å². The Hall–Kier alpha value is 1.61. The fourth-order valence-corrected chi connectivity index (χ4v) is 1.50. The van der Waals surface area contributed by atoms with Crippen LogP contribution in [0.25, 0.3) is 0 Å². The second-order valence-corrected chi connectivity index (χ2v) is 7.68. The van der Waals surface area contributed by atoms with Crippen LogP contribution in [0.1, 0.15) is 20.8 Å². The predicted molar refractivity (Wildman–Crippen MR) is 43.0 cm³/mol. The summed E-state index contributed by atoms with van der Waals surface area (Å²) in [7, 11) is 0. The van der Waals surface area contributed by atoms with Gasteiger partial charge in [-0.05, 0) is 0 Å². The molecular formula is C6H15SbTe. The minimum atomic E-state index is 0.356. The van der Waals surface area contributed by atoms with Crippen LogP contribution in [0.15, 0.2) is 0 Å². The van der Waals surface area contributed by atoms with Crippen molar-refractivity contribution < 1.29 is 0 Å². The van der Waals surface area contributed by atoms with Crippen LogP contribution in [-0.4, -0.2) is 43.9 Å². The van der Waals surface area contributed by atoms with E-state index in [0.29, 0.717) is 21.6 Å². The van der Waals surface area contributed by atoms with Crippen molar-refractivity contribution >= 4 is 43.9 Å². The van der Waals surface area contributed by atoms with Gasteiger partial charge in [-0.1, -0.05) is 0 Å². The van der Waals surface area contributed by atoms with Gasteiger partial charge in [-0.25, -0.2) is 0 Å². The molecule has 2 heteroatoms. The molecule has 0 aromatic heterocycles. The van der Waals surface area contributed by atoms with E-state index in [0.717, 1.165) is 0 Å². The van der Waals surface area contributed by atoms with Gasteiger partial charge in [0.15, 0.2) is 0 Å². The van der Waals surface area contributed by atoms with Crippen molar-refractivity contribution in [2.75, 3.05) is 0 Å². The first-order valence-electron chi connectivity index (χ1n) is 3.04. The van der Waals surface area contributed by atoms with Crippen molar-refractivity contribution in [1.82, 2.24) is 0 Å². The maximum absolute atomic E-state index is 2.28. The molecule has 0 aliphatic carbocycles. The Bertz CT molecular complexity index is 22.5. The van der Waals surface area contributed by atoms with Crippen LogP contribution in [-0.2, 0) is 0 Å². The number of hydrogen-bond acceptors (Lipinski definition) is 0. The van der Waals surface area contributed by atoms with E-state index in [-0.39, 0.29) is 0 Å². The molecular weight excluding hydrogens is 321 g/mol. The molecule has 0 unspecified atom stereocenters. The molecule has 0 N–H and O–H groups in total. The van der Waals surface area contributed by atoms with Gasteiger partial charge in [-0.3, -0.25) is 0 Å². The van der Waals surface area contributed by atoms with E-state index in [2.05, 4.69) is 43.1 Å². The van der Waals surface area contributed by atoms with Crippen LogP contribution in [0, 0.1) is 0 Å². The average Bonchev–Trinajstić information content (AvgIpc) is 1.71. The summed E-state index contributed by atoms with van der Waals surface area (Å²) in [6, 6.07) is 0. The van der Waals surface area contributed by atoms with Crippen LogP contribution in [0.3, 0.4) is 0 Å². The second-order valence-electron chi connectivity index (χ2n) is 1.14. The van der Waals surface area contributed by atoms with Gasteiger partial charge in [0.1, 0.15) is 0 Å². The topological polar surface area (TPSA) is 0 Å². The molecule has 0 aromatic carbocycles. The summed E-state index contributed by atoms with van der Waals surface area (Å²) >= 11 is 2.43.